The fraction of sp³-hybridized carbons (Fsp3) is 0.481. The van der Waals surface area contributed by atoms with Crippen molar-refractivity contribution in [2.45, 2.75) is 71.1 Å². The van der Waals surface area contributed by atoms with Gasteiger partial charge in [0.1, 0.15) is 28.7 Å². The molecule has 0 aliphatic rings. The fourth-order valence-corrected chi connectivity index (χ4v) is 4.68. The van der Waals surface area contributed by atoms with Gasteiger partial charge in [-0.2, -0.15) is 0 Å². The summed E-state index contributed by atoms with van der Waals surface area (Å²) in [6.07, 6.45) is 0. The standard InChI is InChI=1S/C27H37BrO5Si/c1-9-31-20-12-10-19(11-13-20)17-32-21-14-15-22(26(30)24(28)25(29)18(2)3)23(16-21)33-34(7,8)27(4,5)6/h10-16,18,24H,9,17H2,1-8H3. The number of carbonyl (C=O) groups is 2. The number of carbonyl (C=O) groups excluding carboxylic acids is 2. The third-order valence-corrected chi connectivity index (χ3v) is 11.3. The van der Waals surface area contributed by atoms with Gasteiger partial charge in [-0.15, -0.1) is 0 Å². The van der Waals surface area contributed by atoms with Crippen molar-refractivity contribution in [1.29, 1.82) is 0 Å². The third kappa shape index (κ3) is 7.19. The van der Waals surface area contributed by atoms with Crippen LogP contribution in [0.4, 0.5) is 0 Å². The molecule has 2 aromatic carbocycles. The lowest BCUT2D eigenvalue weighted by Crippen LogP contribution is -2.44. The molecule has 0 radical (unpaired) electrons. The van der Waals surface area contributed by atoms with E-state index in [0.29, 0.717) is 30.3 Å². The van der Waals surface area contributed by atoms with Gasteiger partial charge in [0.05, 0.1) is 12.2 Å². The van der Waals surface area contributed by atoms with Crippen LogP contribution in [0.3, 0.4) is 0 Å². The molecule has 1 atom stereocenters. The molecule has 34 heavy (non-hydrogen) atoms. The van der Waals surface area contributed by atoms with E-state index < -0.39 is 13.1 Å². The molecule has 2 aromatic rings. The largest absolute Gasteiger partial charge is 0.543 e. The first-order chi connectivity index (χ1) is 15.8. The highest BCUT2D eigenvalue weighted by molar-refractivity contribution is 9.10. The Morgan fingerprint density at radius 2 is 1.56 bits per heavy atom. The minimum absolute atomic E-state index is 0.0615. The van der Waals surface area contributed by atoms with Crippen LogP contribution in [0.1, 0.15) is 57.5 Å². The highest BCUT2D eigenvalue weighted by Crippen LogP contribution is 2.39. The van der Waals surface area contributed by atoms with Crippen LogP contribution in [0, 0.1) is 5.92 Å². The van der Waals surface area contributed by atoms with Crippen LogP contribution in [-0.4, -0.2) is 31.3 Å². The normalized spacial score (nSPS) is 12.9. The second-order valence-corrected chi connectivity index (χ2v) is 15.8. The average Bonchev–Trinajstić information content (AvgIpc) is 2.76. The Bertz CT molecular complexity index is 993. The lowest BCUT2D eigenvalue weighted by Gasteiger charge is -2.37. The Balaban J connectivity index is 2.34. The zero-order chi connectivity index (χ0) is 25.7. The number of halogens is 1. The minimum Gasteiger partial charge on any atom is -0.543 e. The number of hydrogen-bond acceptors (Lipinski definition) is 5. The van der Waals surface area contributed by atoms with Crippen LogP contribution >= 0.6 is 15.9 Å². The van der Waals surface area contributed by atoms with E-state index in [4.69, 9.17) is 13.9 Å². The summed E-state index contributed by atoms with van der Waals surface area (Å²) in [6, 6.07) is 13.0. The lowest BCUT2D eigenvalue weighted by atomic mass is 9.99. The van der Waals surface area contributed by atoms with Crippen LogP contribution in [-0.2, 0) is 11.4 Å². The molecule has 5 nitrogen and oxygen atoms in total. The van der Waals surface area contributed by atoms with E-state index >= 15 is 0 Å². The summed E-state index contributed by atoms with van der Waals surface area (Å²) in [5, 5.41) is -0.0615. The molecule has 0 aromatic heterocycles. The predicted octanol–water partition coefficient (Wildman–Crippen LogP) is 7.22. The van der Waals surface area contributed by atoms with Crippen molar-refractivity contribution in [2.75, 3.05) is 6.61 Å². The molecule has 0 saturated heterocycles. The zero-order valence-electron chi connectivity index (χ0n) is 21.5. The molecule has 0 fully saturated rings. The average molecular weight is 550 g/mol. The van der Waals surface area contributed by atoms with Crippen LogP contribution < -0.4 is 13.9 Å². The second-order valence-electron chi connectivity index (χ2n) is 10.2. The van der Waals surface area contributed by atoms with Gasteiger partial charge in [-0.25, -0.2) is 0 Å². The zero-order valence-corrected chi connectivity index (χ0v) is 24.1. The minimum atomic E-state index is -2.25. The number of ketones is 2. The molecule has 0 N–H and O–H groups in total. The van der Waals surface area contributed by atoms with E-state index in [1.165, 1.54) is 0 Å². The maximum Gasteiger partial charge on any atom is 0.250 e. The SMILES string of the molecule is CCOc1ccc(COc2ccc(C(=O)C(Br)C(=O)C(C)C)c(O[Si](C)(C)C(C)(C)C)c2)cc1. The van der Waals surface area contributed by atoms with Gasteiger partial charge in [-0.1, -0.05) is 62.7 Å². The van der Waals surface area contributed by atoms with Crippen molar-refractivity contribution in [3.05, 3.63) is 53.6 Å². The monoisotopic (exact) mass is 548 g/mol. The Hall–Kier alpha value is -2.12. The van der Waals surface area contributed by atoms with Crippen molar-refractivity contribution in [3.8, 4) is 17.2 Å². The number of benzene rings is 2. The van der Waals surface area contributed by atoms with Gasteiger partial charge in [0.15, 0.2) is 11.6 Å². The first kappa shape index (κ1) is 28.1. The number of hydrogen-bond donors (Lipinski definition) is 0. The summed E-state index contributed by atoms with van der Waals surface area (Å²) in [4.78, 5) is 24.8. The van der Waals surface area contributed by atoms with Crippen molar-refractivity contribution >= 4 is 35.8 Å². The molecule has 0 aliphatic carbocycles. The highest BCUT2D eigenvalue weighted by atomic mass is 79.9. The Morgan fingerprint density at radius 3 is 2.09 bits per heavy atom. The van der Waals surface area contributed by atoms with Gasteiger partial charge in [-0.3, -0.25) is 9.59 Å². The first-order valence-corrected chi connectivity index (χ1v) is 15.5. The molecule has 0 aliphatic heterocycles. The quantitative estimate of drug-likeness (QED) is 0.128. The van der Waals surface area contributed by atoms with Gasteiger partial charge in [0, 0.05) is 12.0 Å². The summed E-state index contributed by atoms with van der Waals surface area (Å²) < 4.78 is 18.0. The molecule has 0 amide bonds. The van der Waals surface area contributed by atoms with E-state index in [9.17, 15) is 9.59 Å². The van der Waals surface area contributed by atoms with Crippen molar-refractivity contribution in [3.63, 3.8) is 0 Å². The molecule has 0 saturated carbocycles. The topological polar surface area (TPSA) is 61.8 Å². The summed E-state index contributed by atoms with van der Waals surface area (Å²) in [6.45, 7) is 17.2. The predicted molar refractivity (Wildman–Crippen MR) is 143 cm³/mol. The number of rotatable bonds is 11. The van der Waals surface area contributed by atoms with E-state index in [1.54, 1.807) is 32.0 Å². The summed E-state index contributed by atoms with van der Waals surface area (Å²) in [5.74, 6) is 1.17. The molecule has 1 unspecified atom stereocenters. The fourth-order valence-electron chi connectivity index (χ4n) is 2.88. The second kappa shape index (κ2) is 11.5. The Morgan fingerprint density at radius 1 is 0.971 bits per heavy atom. The van der Waals surface area contributed by atoms with Gasteiger partial charge in [0.2, 0.25) is 0 Å². The van der Waals surface area contributed by atoms with Crippen LogP contribution in [0.2, 0.25) is 18.1 Å². The van der Waals surface area contributed by atoms with E-state index in [-0.39, 0.29) is 22.5 Å². The third-order valence-electron chi connectivity index (χ3n) is 6.08. The number of Topliss-reactive ketones (excluding diaryl/α,β-unsaturated/α-hetero) is 2. The number of alkyl halides is 1. The molecule has 0 bridgehead atoms. The molecule has 0 spiro atoms. The van der Waals surface area contributed by atoms with Crippen LogP contribution in [0.5, 0.6) is 17.2 Å². The van der Waals surface area contributed by atoms with Crippen molar-refractivity contribution in [2.24, 2.45) is 5.92 Å². The molecule has 7 heteroatoms. The van der Waals surface area contributed by atoms with Crippen LogP contribution in [0.15, 0.2) is 42.5 Å². The lowest BCUT2D eigenvalue weighted by molar-refractivity contribution is -0.120. The molecule has 2 rings (SSSR count). The molecular formula is C27H37BrO5Si. The highest BCUT2D eigenvalue weighted by Gasteiger charge is 2.40. The Labute approximate surface area is 213 Å². The van der Waals surface area contributed by atoms with Gasteiger partial charge >= 0.3 is 0 Å². The van der Waals surface area contributed by atoms with Gasteiger partial charge in [0.25, 0.3) is 8.32 Å². The van der Waals surface area contributed by atoms with E-state index in [0.717, 1.165) is 11.3 Å². The van der Waals surface area contributed by atoms with E-state index in [1.807, 2.05) is 31.2 Å². The van der Waals surface area contributed by atoms with E-state index in [2.05, 4.69) is 49.8 Å². The Kier molecular flexibility index (Phi) is 9.54. The molecule has 186 valence electrons. The van der Waals surface area contributed by atoms with Crippen molar-refractivity contribution in [1.82, 2.24) is 0 Å². The maximum atomic E-state index is 13.2. The number of ether oxygens (including phenoxy) is 2. The summed E-state index contributed by atoms with van der Waals surface area (Å²) in [5.41, 5.74) is 1.38. The van der Waals surface area contributed by atoms with Crippen LogP contribution in [0.25, 0.3) is 0 Å². The molecule has 0 heterocycles. The van der Waals surface area contributed by atoms with Gasteiger partial charge < -0.3 is 13.9 Å². The molecular weight excluding hydrogens is 512 g/mol. The summed E-state index contributed by atoms with van der Waals surface area (Å²) in [7, 11) is -2.25. The van der Waals surface area contributed by atoms with Crippen molar-refractivity contribution < 1.29 is 23.5 Å². The van der Waals surface area contributed by atoms with Gasteiger partial charge in [-0.05, 0) is 54.9 Å². The smallest absolute Gasteiger partial charge is 0.250 e. The maximum absolute atomic E-state index is 13.2. The summed E-state index contributed by atoms with van der Waals surface area (Å²) >= 11 is 3.31. The first-order valence-electron chi connectivity index (χ1n) is 11.7.